The van der Waals surface area contributed by atoms with Crippen LogP contribution in [0.5, 0.6) is 0 Å². The first kappa shape index (κ1) is 20.7. The number of rotatable bonds is 14. The number of hydrogen-bond acceptors (Lipinski definition) is 3. The van der Waals surface area contributed by atoms with E-state index >= 15 is 0 Å². The Morgan fingerprint density at radius 3 is 2.05 bits per heavy atom. The second-order valence-electron chi connectivity index (χ2n) is 5.39. The molecule has 0 aliphatic heterocycles. The molecule has 3 nitrogen and oxygen atoms in total. The fraction of sp³-hybridized carbons (Fsp3) is 0.875. The largest absolute Gasteiger partial charge is 0.481 e. The van der Waals surface area contributed by atoms with Gasteiger partial charge in [-0.25, -0.2) is 0 Å². The van der Waals surface area contributed by atoms with Gasteiger partial charge in [-0.15, -0.1) is 0 Å². The van der Waals surface area contributed by atoms with E-state index in [4.69, 9.17) is 17.3 Å². The van der Waals surface area contributed by atoms with Crippen molar-refractivity contribution in [2.24, 2.45) is 0 Å². The van der Waals surface area contributed by atoms with Crippen molar-refractivity contribution in [1.29, 1.82) is 0 Å². The van der Waals surface area contributed by atoms with E-state index in [9.17, 15) is 4.79 Å². The maximum Gasteiger partial charge on any atom is 0.304 e. The molecule has 124 valence electrons. The smallest absolute Gasteiger partial charge is 0.304 e. The number of nitrogens with one attached hydrogen (secondary N) is 1. The van der Waals surface area contributed by atoms with E-state index in [0.717, 1.165) is 17.3 Å². The van der Waals surface area contributed by atoms with Crippen LogP contribution >= 0.6 is 24.0 Å². The summed E-state index contributed by atoms with van der Waals surface area (Å²) in [5.41, 5.74) is 0. The first-order valence-electron chi connectivity index (χ1n) is 8.29. The molecule has 0 fully saturated rings. The van der Waals surface area contributed by atoms with Gasteiger partial charge in [-0.1, -0.05) is 88.7 Å². The normalized spacial score (nSPS) is 10.5. The summed E-state index contributed by atoms with van der Waals surface area (Å²) in [5.74, 6) is -0.209. The second-order valence-corrected chi connectivity index (χ2v) is 7.16. The number of carboxylic acid groups (broad SMARTS) is 1. The molecule has 0 rings (SSSR count). The quantitative estimate of drug-likeness (QED) is 0.346. The third kappa shape index (κ3) is 17.7. The van der Waals surface area contributed by atoms with E-state index in [1.165, 1.54) is 69.5 Å². The molecule has 0 unspecified atom stereocenters. The first-order valence-corrected chi connectivity index (χ1v) is 9.68. The summed E-state index contributed by atoms with van der Waals surface area (Å²) in [6, 6.07) is 0. The van der Waals surface area contributed by atoms with Gasteiger partial charge < -0.3 is 10.4 Å². The van der Waals surface area contributed by atoms with E-state index < -0.39 is 5.97 Å². The summed E-state index contributed by atoms with van der Waals surface area (Å²) in [6.07, 6.45) is 13.5. The molecule has 5 heteroatoms. The van der Waals surface area contributed by atoms with Crippen molar-refractivity contribution in [3.8, 4) is 0 Å². The molecule has 0 heterocycles. The van der Waals surface area contributed by atoms with E-state index in [1.54, 1.807) is 0 Å². The van der Waals surface area contributed by atoms with E-state index in [0.29, 0.717) is 5.75 Å². The van der Waals surface area contributed by atoms with Crippen molar-refractivity contribution >= 4 is 34.3 Å². The van der Waals surface area contributed by atoms with E-state index in [1.807, 2.05) is 0 Å². The molecule has 0 aromatic rings. The zero-order valence-corrected chi connectivity index (χ0v) is 15.0. The van der Waals surface area contributed by atoms with Gasteiger partial charge in [0.1, 0.15) is 4.32 Å². The molecule has 0 saturated heterocycles. The van der Waals surface area contributed by atoms with Gasteiger partial charge in [-0.3, -0.25) is 4.79 Å². The lowest BCUT2D eigenvalue weighted by molar-refractivity contribution is -0.136. The van der Waals surface area contributed by atoms with Crippen molar-refractivity contribution in [3.63, 3.8) is 0 Å². The predicted octanol–water partition coefficient (Wildman–Crippen LogP) is 4.99. The van der Waals surface area contributed by atoms with Gasteiger partial charge in [0.25, 0.3) is 0 Å². The Kier molecular flexibility index (Phi) is 15.9. The SMILES string of the molecule is CCCCCCCCCCCCNC(=S)SCCC(=O)O. The topological polar surface area (TPSA) is 49.3 Å². The number of aliphatic carboxylic acids is 1. The van der Waals surface area contributed by atoms with Crippen LogP contribution in [0.15, 0.2) is 0 Å². The summed E-state index contributed by atoms with van der Waals surface area (Å²) >= 11 is 6.56. The van der Waals surface area contributed by atoms with Crippen LogP contribution in [0, 0.1) is 0 Å². The van der Waals surface area contributed by atoms with Gasteiger partial charge >= 0.3 is 5.97 Å². The molecule has 2 N–H and O–H groups in total. The van der Waals surface area contributed by atoms with Crippen LogP contribution in [0.4, 0.5) is 0 Å². The summed E-state index contributed by atoms with van der Waals surface area (Å²) in [6.45, 7) is 3.17. The van der Waals surface area contributed by atoms with Crippen LogP contribution in [0.1, 0.15) is 77.6 Å². The molecule has 0 atom stereocenters. The zero-order chi connectivity index (χ0) is 15.8. The van der Waals surface area contributed by atoms with Crippen LogP contribution in [0.2, 0.25) is 0 Å². The lowest BCUT2D eigenvalue weighted by atomic mass is 10.1. The molecule has 0 saturated carbocycles. The Hall–Kier alpha value is -0.290. The molecule has 0 spiro atoms. The van der Waals surface area contributed by atoms with Crippen molar-refractivity contribution < 1.29 is 9.90 Å². The van der Waals surface area contributed by atoms with Crippen molar-refractivity contribution in [2.45, 2.75) is 77.6 Å². The zero-order valence-electron chi connectivity index (χ0n) is 13.4. The first-order chi connectivity index (χ1) is 10.2. The highest BCUT2D eigenvalue weighted by Gasteiger charge is 2.00. The fourth-order valence-electron chi connectivity index (χ4n) is 2.08. The number of thiocarbonyl (C=S) groups is 1. The van der Waals surface area contributed by atoms with Crippen LogP contribution in [-0.2, 0) is 4.79 Å². The average Bonchev–Trinajstić information content (AvgIpc) is 2.44. The van der Waals surface area contributed by atoms with Crippen molar-refractivity contribution in [1.82, 2.24) is 5.32 Å². The summed E-state index contributed by atoms with van der Waals surface area (Å²) < 4.78 is 0.729. The number of carbonyl (C=O) groups is 1. The number of hydrogen-bond donors (Lipinski definition) is 2. The highest BCUT2D eigenvalue weighted by Crippen LogP contribution is 2.10. The third-order valence-electron chi connectivity index (χ3n) is 3.35. The minimum absolute atomic E-state index is 0.171. The standard InChI is InChI=1S/C16H31NO2S2/c1-2-3-4-5-6-7-8-9-10-11-13-17-16(20)21-14-12-15(18)19/h2-14H2,1H3,(H,17,20)(H,18,19). The molecule has 0 aliphatic carbocycles. The molecule has 0 radical (unpaired) electrons. The summed E-state index contributed by atoms with van der Waals surface area (Å²) in [5, 5.41) is 11.7. The minimum Gasteiger partial charge on any atom is -0.481 e. The monoisotopic (exact) mass is 333 g/mol. The van der Waals surface area contributed by atoms with Gasteiger partial charge in [0, 0.05) is 12.3 Å². The fourth-order valence-corrected chi connectivity index (χ4v) is 3.10. The number of thioether (sulfide) groups is 1. The van der Waals surface area contributed by atoms with Gasteiger partial charge in [0.15, 0.2) is 0 Å². The molecule has 0 aromatic heterocycles. The highest BCUT2D eigenvalue weighted by molar-refractivity contribution is 8.22. The minimum atomic E-state index is -0.764. The third-order valence-corrected chi connectivity index (χ3v) is 4.66. The molecular formula is C16H31NO2S2. The van der Waals surface area contributed by atoms with Gasteiger partial charge in [0.2, 0.25) is 0 Å². The lowest BCUT2D eigenvalue weighted by Crippen LogP contribution is -2.20. The number of carboxylic acids is 1. The molecule has 0 aliphatic rings. The van der Waals surface area contributed by atoms with Gasteiger partial charge in [-0.05, 0) is 6.42 Å². The van der Waals surface area contributed by atoms with Crippen LogP contribution in [0.3, 0.4) is 0 Å². The Labute approximate surface area is 139 Å². The molecule has 0 aromatic carbocycles. The van der Waals surface area contributed by atoms with Gasteiger partial charge in [-0.2, -0.15) is 0 Å². The highest BCUT2D eigenvalue weighted by atomic mass is 32.2. The Morgan fingerprint density at radius 2 is 1.52 bits per heavy atom. The van der Waals surface area contributed by atoms with Crippen LogP contribution < -0.4 is 5.32 Å². The van der Waals surface area contributed by atoms with E-state index in [2.05, 4.69) is 12.2 Å². The molecular weight excluding hydrogens is 302 g/mol. The lowest BCUT2D eigenvalue weighted by Gasteiger charge is -2.06. The Balaban J connectivity index is 3.14. The second kappa shape index (κ2) is 16.1. The van der Waals surface area contributed by atoms with Crippen LogP contribution in [0.25, 0.3) is 0 Å². The summed E-state index contributed by atoms with van der Waals surface area (Å²) in [7, 11) is 0. The van der Waals surface area contributed by atoms with Gasteiger partial charge in [0.05, 0.1) is 6.42 Å². The average molecular weight is 334 g/mol. The molecule has 0 bridgehead atoms. The molecule has 21 heavy (non-hydrogen) atoms. The molecule has 0 amide bonds. The van der Waals surface area contributed by atoms with Crippen molar-refractivity contribution in [2.75, 3.05) is 12.3 Å². The Bertz CT molecular complexity index is 273. The maximum atomic E-state index is 10.4. The number of unbranched alkanes of at least 4 members (excludes halogenated alkanes) is 9. The van der Waals surface area contributed by atoms with Crippen LogP contribution in [-0.4, -0.2) is 27.7 Å². The Morgan fingerprint density at radius 1 is 1.00 bits per heavy atom. The van der Waals surface area contributed by atoms with Crippen molar-refractivity contribution in [3.05, 3.63) is 0 Å². The predicted molar refractivity (Wildman–Crippen MR) is 97.2 cm³/mol. The maximum absolute atomic E-state index is 10.4. The summed E-state index contributed by atoms with van der Waals surface area (Å²) in [4.78, 5) is 10.4. The van der Waals surface area contributed by atoms with E-state index in [-0.39, 0.29) is 6.42 Å².